The first-order valence-electron chi connectivity index (χ1n) is 4.16. The van der Waals surface area contributed by atoms with Crippen molar-refractivity contribution in [3.63, 3.8) is 0 Å². The van der Waals surface area contributed by atoms with Crippen LogP contribution in [0, 0.1) is 5.82 Å². The molecule has 0 heterocycles. The second kappa shape index (κ2) is 4.21. The highest BCUT2D eigenvalue weighted by Gasteiger charge is 2.01. The van der Waals surface area contributed by atoms with Crippen LogP contribution in [0.2, 0.25) is 0 Å². The zero-order chi connectivity index (χ0) is 8.97. The van der Waals surface area contributed by atoms with Crippen LogP contribution in [0.4, 0.5) is 4.39 Å². The van der Waals surface area contributed by atoms with Gasteiger partial charge in [0.1, 0.15) is 5.82 Å². The fourth-order valence-electron chi connectivity index (χ4n) is 1.16. The number of halogens is 1. The van der Waals surface area contributed by atoms with Gasteiger partial charge in [-0.15, -0.1) is 0 Å². The molecule has 1 aromatic rings. The van der Waals surface area contributed by atoms with E-state index in [9.17, 15) is 4.39 Å². The first-order chi connectivity index (χ1) is 5.77. The Hall–Kier alpha value is -0.890. The van der Waals surface area contributed by atoms with Crippen LogP contribution in [0.5, 0.6) is 0 Å². The SMILES string of the molecule is CCCc1ccc(CO)cc1F. The number of hydrogen-bond acceptors (Lipinski definition) is 1. The van der Waals surface area contributed by atoms with E-state index in [0.717, 1.165) is 18.4 Å². The highest BCUT2D eigenvalue weighted by molar-refractivity contribution is 5.23. The van der Waals surface area contributed by atoms with E-state index in [2.05, 4.69) is 0 Å². The maximum Gasteiger partial charge on any atom is 0.126 e. The Morgan fingerprint density at radius 1 is 1.42 bits per heavy atom. The van der Waals surface area contributed by atoms with E-state index in [1.165, 1.54) is 6.07 Å². The Morgan fingerprint density at radius 2 is 2.17 bits per heavy atom. The van der Waals surface area contributed by atoms with E-state index < -0.39 is 0 Å². The minimum absolute atomic E-state index is 0.0939. The molecule has 0 aromatic heterocycles. The van der Waals surface area contributed by atoms with Crippen LogP contribution >= 0.6 is 0 Å². The third kappa shape index (κ3) is 2.05. The summed E-state index contributed by atoms with van der Waals surface area (Å²) in [5, 5.41) is 8.72. The second-order valence-electron chi connectivity index (χ2n) is 2.83. The van der Waals surface area contributed by atoms with Gasteiger partial charge >= 0.3 is 0 Å². The summed E-state index contributed by atoms with van der Waals surface area (Å²) in [5.41, 5.74) is 1.36. The van der Waals surface area contributed by atoms with E-state index in [-0.39, 0.29) is 12.4 Å². The van der Waals surface area contributed by atoms with Crippen molar-refractivity contribution in [1.82, 2.24) is 0 Å². The topological polar surface area (TPSA) is 20.2 Å². The number of rotatable bonds is 3. The van der Waals surface area contributed by atoms with Gasteiger partial charge in [0.25, 0.3) is 0 Å². The highest BCUT2D eigenvalue weighted by atomic mass is 19.1. The molecule has 0 fully saturated rings. The van der Waals surface area contributed by atoms with Gasteiger partial charge in [-0.25, -0.2) is 4.39 Å². The second-order valence-corrected chi connectivity index (χ2v) is 2.83. The van der Waals surface area contributed by atoms with Gasteiger partial charge in [0, 0.05) is 0 Å². The summed E-state index contributed by atoms with van der Waals surface area (Å²) in [6, 6.07) is 4.89. The number of aliphatic hydroxyl groups excluding tert-OH is 1. The normalized spacial score (nSPS) is 10.2. The molecule has 0 unspecified atom stereocenters. The molecule has 1 rings (SSSR count). The largest absolute Gasteiger partial charge is 0.392 e. The van der Waals surface area contributed by atoms with Gasteiger partial charge in [0.05, 0.1) is 6.61 Å². The molecule has 1 N–H and O–H groups in total. The zero-order valence-electron chi connectivity index (χ0n) is 7.18. The average Bonchev–Trinajstić information content (AvgIpc) is 2.09. The lowest BCUT2D eigenvalue weighted by Gasteiger charge is -2.02. The van der Waals surface area contributed by atoms with E-state index in [1.54, 1.807) is 12.1 Å². The number of aliphatic hydroxyl groups is 1. The van der Waals surface area contributed by atoms with Crippen LogP contribution < -0.4 is 0 Å². The van der Waals surface area contributed by atoms with Crippen molar-refractivity contribution in [2.24, 2.45) is 0 Å². The molecule has 0 aliphatic carbocycles. The molecule has 66 valence electrons. The lowest BCUT2D eigenvalue weighted by atomic mass is 10.1. The van der Waals surface area contributed by atoms with Gasteiger partial charge in [-0.3, -0.25) is 0 Å². The standard InChI is InChI=1S/C10H13FO/c1-2-3-9-5-4-8(7-12)6-10(9)11/h4-6,12H,2-3,7H2,1H3. The molecule has 0 saturated carbocycles. The van der Waals surface area contributed by atoms with Gasteiger partial charge in [-0.1, -0.05) is 25.5 Å². The van der Waals surface area contributed by atoms with Crippen molar-refractivity contribution in [3.8, 4) is 0 Å². The molecule has 1 aromatic carbocycles. The third-order valence-corrected chi connectivity index (χ3v) is 1.82. The summed E-state index contributed by atoms with van der Waals surface area (Å²) in [4.78, 5) is 0. The van der Waals surface area contributed by atoms with Gasteiger partial charge in [-0.05, 0) is 23.6 Å². The predicted octanol–water partition coefficient (Wildman–Crippen LogP) is 2.27. The number of aryl methyl sites for hydroxylation is 1. The van der Waals surface area contributed by atoms with E-state index in [0.29, 0.717) is 5.56 Å². The van der Waals surface area contributed by atoms with Crippen LogP contribution in [0.25, 0.3) is 0 Å². The van der Waals surface area contributed by atoms with E-state index in [1.807, 2.05) is 6.92 Å². The van der Waals surface area contributed by atoms with Crippen LogP contribution in [0.1, 0.15) is 24.5 Å². The molecule has 12 heavy (non-hydrogen) atoms. The Kier molecular flexibility index (Phi) is 3.23. The number of hydrogen-bond donors (Lipinski definition) is 1. The maximum absolute atomic E-state index is 13.1. The van der Waals surface area contributed by atoms with Crippen molar-refractivity contribution in [2.45, 2.75) is 26.4 Å². The monoisotopic (exact) mass is 168 g/mol. The van der Waals surface area contributed by atoms with Crippen molar-refractivity contribution in [1.29, 1.82) is 0 Å². The van der Waals surface area contributed by atoms with Crippen molar-refractivity contribution in [3.05, 3.63) is 35.1 Å². The lowest BCUT2D eigenvalue weighted by molar-refractivity contribution is 0.281. The molecular weight excluding hydrogens is 155 g/mol. The lowest BCUT2D eigenvalue weighted by Crippen LogP contribution is -1.92. The van der Waals surface area contributed by atoms with E-state index in [4.69, 9.17) is 5.11 Å². The van der Waals surface area contributed by atoms with Crippen LogP contribution in [-0.2, 0) is 13.0 Å². The molecule has 2 heteroatoms. The molecule has 0 amide bonds. The van der Waals surface area contributed by atoms with Gasteiger partial charge in [-0.2, -0.15) is 0 Å². The molecule has 0 aliphatic rings. The minimum atomic E-state index is -0.205. The maximum atomic E-state index is 13.1. The van der Waals surface area contributed by atoms with Gasteiger partial charge in [0.2, 0.25) is 0 Å². The van der Waals surface area contributed by atoms with Crippen molar-refractivity contribution >= 4 is 0 Å². The summed E-state index contributed by atoms with van der Waals surface area (Å²) >= 11 is 0. The average molecular weight is 168 g/mol. The third-order valence-electron chi connectivity index (χ3n) is 1.82. The van der Waals surface area contributed by atoms with Crippen molar-refractivity contribution in [2.75, 3.05) is 0 Å². The van der Waals surface area contributed by atoms with Crippen LogP contribution in [0.15, 0.2) is 18.2 Å². The molecule has 0 saturated heterocycles. The molecular formula is C10H13FO. The summed E-state index contributed by atoms with van der Waals surface area (Å²) in [6.07, 6.45) is 1.70. The van der Waals surface area contributed by atoms with Gasteiger partial charge in [0.15, 0.2) is 0 Å². The summed E-state index contributed by atoms with van der Waals surface area (Å²) in [7, 11) is 0. The first kappa shape index (κ1) is 9.20. The molecule has 0 atom stereocenters. The zero-order valence-corrected chi connectivity index (χ0v) is 7.18. The Balaban J connectivity index is 2.87. The molecule has 0 spiro atoms. The molecule has 0 radical (unpaired) electrons. The summed E-state index contributed by atoms with van der Waals surface area (Å²) in [5.74, 6) is -0.205. The van der Waals surface area contributed by atoms with Crippen molar-refractivity contribution < 1.29 is 9.50 Å². The molecule has 1 nitrogen and oxygen atoms in total. The predicted molar refractivity (Wildman–Crippen MR) is 46.3 cm³/mol. The summed E-state index contributed by atoms with van der Waals surface area (Å²) in [6.45, 7) is 1.92. The molecule has 0 bridgehead atoms. The fourth-order valence-corrected chi connectivity index (χ4v) is 1.16. The quantitative estimate of drug-likeness (QED) is 0.734. The molecule has 0 aliphatic heterocycles. The minimum Gasteiger partial charge on any atom is -0.392 e. The summed E-state index contributed by atoms with van der Waals surface area (Å²) < 4.78 is 13.1. The van der Waals surface area contributed by atoms with Crippen LogP contribution in [0.3, 0.4) is 0 Å². The first-order valence-corrected chi connectivity index (χ1v) is 4.16. The van der Waals surface area contributed by atoms with Crippen LogP contribution in [-0.4, -0.2) is 5.11 Å². The number of benzene rings is 1. The highest BCUT2D eigenvalue weighted by Crippen LogP contribution is 2.12. The van der Waals surface area contributed by atoms with Gasteiger partial charge < -0.3 is 5.11 Å². The van der Waals surface area contributed by atoms with E-state index >= 15 is 0 Å². The fraction of sp³-hybridized carbons (Fsp3) is 0.400. The Morgan fingerprint density at radius 3 is 2.67 bits per heavy atom. The smallest absolute Gasteiger partial charge is 0.126 e. The Labute approximate surface area is 71.9 Å². The Bertz CT molecular complexity index is 258.